The number of hydrogen-bond donors (Lipinski definition) is 0. The van der Waals surface area contributed by atoms with Gasteiger partial charge < -0.3 is 18.9 Å². The number of nitrogens with zero attached hydrogens (tertiary/aromatic N) is 8. The molecule has 0 N–H and O–H groups in total. The summed E-state index contributed by atoms with van der Waals surface area (Å²) in [7, 11) is 0. The number of benzene rings is 12. The number of rotatable bonds is 16. The van der Waals surface area contributed by atoms with Gasteiger partial charge in [-0.15, -0.1) is 95.1 Å². The van der Waals surface area contributed by atoms with Gasteiger partial charge in [0.25, 0.3) is 0 Å². The van der Waals surface area contributed by atoms with E-state index in [9.17, 15) is 0 Å². The molecule has 0 spiro atoms. The molecule has 20 heteroatoms. The molecular weight excluding hydrogens is 2390 g/mol. The Kier molecular flexibility index (Phi) is 29.5. The first kappa shape index (κ1) is 93.8. The van der Waals surface area contributed by atoms with Gasteiger partial charge in [0.1, 0.15) is 0 Å². The number of pyridine rings is 8. The molecule has 12 heterocycles. The van der Waals surface area contributed by atoms with Crippen molar-refractivity contribution in [3.63, 3.8) is 0 Å². The maximum Gasteiger partial charge on any atom is 2.00 e. The molecule has 4 aliphatic rings. The summed E-state index contributed by atoms with van der Waals surface area (Å²) in [6.07, 6.45) is 14.4. The molecule has 0 radical (unpaired) electrons. The van der Waals surface area contributed by atoms with Crippen molar-refractivity contribution in [1.29, 1.82) is 0 Å². The van der Waals surface area contributed by atoms with Gasteiger partial charge in [-0.3, -0.25) is 19.9 Å². The molecule has 20 aromatic rings. The van der Waals surface area contributed by atoms with E-state index in [-0.39, 0.29) is 111 Å². The second kappa shape index (κ2) is 42.7. The number of aryl methyl sites for hydroxylation is 4. The normalized spacial score (nSPS) is 11.4. The summed E-state index contributed by atoms with van der Waals surface area (Å²) in [5, 5.41) is 0. The molecule has 8 aromatic heterocycles. The molecule has 0 saturated carbocycles. The molecule has 12 nitrogen and oxygen atoms in total. The fraction of sp³-hybridized carbons (Fsp3) is 0.0345. The average molecular weight is 2470 g/mol. The number of hydrogen-bond acceptors (Lipinski definition) is 12. The molecule has 656 valence electrons. The molecule has 0 atom stereocenters. The molecule has 136 heavy (non-hydrogen) atoms. The first-order chi connectivity index (χ1) is 65.1. The summed E-state index contributed by atoms with van der Waals surface area (Å²) in [5.41, 5.74) is 36.1. The summed E-state index contributed by atoms with van der Waals surface area (Å²) in [6, 6.07) is 143. The molecule has 0 saturated heterocycles. The molecule has 4 aliphatic heterocycles. The SMILES string of the molecule is Cc1ccc(B2c3[c-]c(-c4[c-]c(Oc5ccccn5)ccc4)ccc3-c3ccccc32)nc1.Cc1cccnc1B1c2[c-]c(-c3[c-]c(Oc4ccccn4)ccc3)ccc2-c2ccccc21.Cc1ccnc(B2c3[c-]c(-c4[c-]c(Oc5ccccn5)ccc4)ccc3-c3ccccc32)c1.Cc1ccnc(B2c3[c-]c(-c4[c-]c(Oc5ccccn5)ccc4)ccc3-c3ccccc32)c1.[Pt+2].[Pt+2].[Pt+2].[Pt+2]. The fourth-order valence-corrected chi connectivity index (χ4v) is 17.9. The van der Waals surface area contributed by atoms with Crippen LogP contribution in [-0.2, 0) is 84.3 Å². The van der Waals surface area contributed by atoms with Crippen LogP contribution in [0.4, 0.5) is 0 Å². The first-order valence-electron chi connectivity index (χ1n) is 43.8. The van der Waals surface area contributed by atoms with E-state index in [0.29, 0.717) is 46.5 Å². The first-order valence-corrected chi connectivity index (χ1v) is 43.8. The zero-order valence-electron chi connectivity index (χ0n) is 73.7. The Hall–Kier alpha value is -13.9. The van der Waals surface area contributed by atoms with Crippen LogP contribution in [0.25, 0.3) is 89.0 Å². The van der Waals surface area contributed by atoms with Gasteiger partial charge in [-0.25, -0.2) is 64.4 Å². The summed E-state index contributed by atoms with van der Waals surface area (Å²) >= 11 is 0. The Morgan fingerprint density at radius 2 is 0.507 bits per heavy atom. The van der Waals surface area contributed by atoms with E-state index in [1.807, 2.05) is 189 Å². The predicted octanol–water partition coefficient (Wildman–Crippen LogP) is 17.4. The van der Waals surface area contributed by atoms with Crippen LogP contribution >= 0.6 is 0 Å². The molecule has 0 aliphatic carbocycles. The van der Waals surface area contributed by atoms with Gasteiger partial charge in [-0.2, -0.15) is 119 Å². The average Bonchev–Trinajstić information content (AvgIpc) is 1.61. The van der Waals surface area contributed by atoms with E-state index in [4.69, 9.17) is 38.9 Å². The Morgan fingerprint density at radius 3 is 0.816 bits per heavy atom. The molecule has 24 rings (SSSR count). The molecule has 0 amide bonds. The predicted molar refractivity (Wildman–Crippen MR) is 532 cm³/mol. The minimum atomic E-state index is 0. The van der Waals surface area contributed by atoms with Crippen molar-refractivity contribution >= 4 is 92.9 Å². The van der Waals surface area contributed by atoms with E-state index in [1.54, 1.807) is 24.8 Å². The van der Waals surface area contributed by atoms with Gasteiger partial charge in [0.15, 0.2) is 0 Å². The van der Waals surface area contributed by atoms with E-state index in [0.717, 1.165) is 94.3 Å². The number of aromatic nitrogens is 8. The van der Waals surface area contributed by atoms with Crippen LogP contribution in [0.2, 0.25) is 0 Å². The van der Waals surface area contributed by atoms with E-state index in [1.165, 1.54) is 83.0 Å². The van der Waals surface area contributed by atoms with Crippen molar-refractivity contribution in [1.82, 2.24) is 39.9 Å². The Morgan fingerprint density at radius 1 is 0.206 bits per heavy atom. The standard InChI is InChI=1S/4C29H19BN2O.4Pt/c1-20-8-7-17-32-29(20)30-26-12-3-2-11-24(26)25-15-14-22(19-27(25)30)21-9-6-10-23(18-21)33-28-13-4-5-16-31-28;1-20-12-15-28(32-19-20)30-26-10-3-2-9-24(26)25-14-13-22(18-27(25)30)21-7-6-8-23(17-21)33-29-11-4-5-16-31-29;2*1-20-14-16-31-28(17-20)30-26-10-3-2-9-24(26)25-13-12-22(19-27(25)30)21-7-6-8-23(18-21)33-29-11-4-5-15-32-29;;;;/h2-17H,1H3;2-16,19H,1H3;2*2-17H,1H3;;;;/q4*-2;4*+2. The summed E-state index contributed by atoms with van der Waals surface area (Å²) < 4.78 is 23.6. The van der Waals surface area contributed by atoms with Crippen LogP contribution < -0.4 is 85.0 Å². The summed E-state index contributed by atoms with van der Waals surface area (Å²) in [6.45, 7) is 8.64. The van der Waals surface area contributed by atoms with Gasteiger partial charge in [0.2, 0.25) is 50.4 Å². The molecule has 0 bridgehead atoms. The van der Waals surface area contributed by atoms with Crippen LogP contribution in [-0.4, -0.2) is 66.7 Å². The fourth-order valence-electron chi connectivity index (χ4n) is 17.9. The smallest absolute Gasteiger partial charge is 0.460 e. The minimum absolute atomic E-state index is 0. The quantitative estimate of drug-likeness (QED) is 0.0672. The van der Waals surface area contributed by atoms with Gasteiger partial charge in [0.05, 0.1) is 0 Å². The van der Waals surface area contributed by atoms with Crippen molar-refractivity contribution in [2.24, 2.45) is 0 Å². The van der Waals surface area contributed by atoms with Gasteiger partial charge in [-0.1, -0.05) is 178 Å². The van der Waals surface area contributed by atoms with Crippen molar-refractivity contribution in [3.8, 4) is 136 Å². The van der Waals surface area contributed by atoms with Crippen LogP contribution in [0.15, 0.2) is 389 Å². The van der Waals surface area contributed by atoms with Crippen LogP contribution in [0.1, 0.15) is 22.3 Å². The van der Waals surface area contributed by atoms with Crippen LogP contribution in [0, 0.1) is 76.2 Å². The van der Waals surface area contributed by atoms with Crippen molar-refractivity contribution in [2.45, 2.75) is 27.7 Å². The zero-order valence-corrected chi connectivity index (χ0v) is 82.8. The third kappa shape index (κ3) is 20.1. The van der Waals surface area contributed by atoms with Gasteiger partial charge in [-0.05, 0) is 111 Å². The van der Waals surface area contributed by atoms with Gasteiger partial charge >= 0.3 is 84.3 Å². The second-order valence-electron chi connectivity index (χ2n) is 32.7. The monoisotopic (exact) mass is 2470 g/mol. The molecule has 0 unspecified atom stereocenters. The minimum Gasteiger partial charge on any atom is -0.460 e. The second-order valence-corrected chi connectivity index (χ2v) is 32.7. The molecule has 12 aromatic carbocycles. The van der Waals surface area contributed by atoms with Crippen molar-refractivity contribution < 1.29 is 103 Å². The van der Waals surface area contributed by atoms with Crippen LogP contribution in [0.3, 0.4) is 0 Å². The maximum atomic E-state index is 5.90. The largest absolute Gasteiger partial charge is 2.00 e. The van der Waals surface area contributed by atoms with Crippen molar-refractivity contribution in [3.05, 3.63) is 460 Å². The van der Waals surface area contributed by atoms with Crippen LogP contribution in [0.5, 0.6) is 46.5 Å². The topological polar surface area (TPSA) is 140 Å². The number of fused-ring (bicyclic) bond motifs is 12. The Bertz CT molecular complexity index is 7450. The summed E-state index contributed by atoms with van der Waals surface area (Å²) in [5.74, 6) is 4.69. The summed E-state index contributed by atoms with van der Waals surface area (Å²) in [4.78, 5) is 36.0. The maximum absolute atomic E-state index is 5.90. The van der Waals surface area contributed by atoms with Crippen molar-refractivity contribution in [2.75, 3.05) is 0 Å². The Balaban J connectivity index is 0.000000125. The molecule has 0 fully saturated rings. The third-order valence-corrected chi connectivity index (χ3v) is 24.0. The van der Waals surface area contributed by atoms with E-state index < -0.39 is 0 Å². The number of ether oxygens (including phenoxy) is 4. The van der Waals surface area contributed by atoms with Gasteiger partial charge in [0, 0.05) is 119 Å². The third-order valence-electron chi connectivity index (χ3n) is 24.0. The Labute approximate surface area is 851 Å². The zero-order chi connectivity index (χ0) is 88.8. The van der Waals surface area contributed by atoms with E-state index >= 15 is 0 Å². The van der Waals surface area contributed by atoms with E-state index in [2.05, 4.69) is 272 Å². The molecular formula is C116H76B4N8O4Pt4.